The summed E-state index contributed by atoms with van der Waals surface area (Å²) in [5, 5.41) is 17.9. The van der Waals surface area contributed by atoms with E-state index < -0.39 is 5.97 Å². The third-order valence-electron chi connectivity index (χ3n) is 9.31. The van der Waals surface area contributed by atoms with E-state index in [-0.39, 0.29) is 12.4 Å². The number of aryl methyl sites for hydroxylation is 3. The van der Waals surface area contributed by atoms with Crippen molar-refractivity contribution in [1.82, 2.24) is 14.3 Å². The minimum Gasteiger partial charge on any atom is -0.497 e. The zero-order valence-electron chi connectivity index (χ0n) is 28.1. The monoisotopic (exact) mass is 713 g/mol. The number of fused-ring (bicyclic) bond motifs is 3. The van der Waals surface area contributed by atoms with Crippen LogP contribution in [0.1, 0.15) is 45.8 Å². The molecule has 50 heavy (non-hydrogen) atoms. The van der Waals surface area contributed by atoms with Crippen LogP contribution in [0.3, 0.4) is 0 Å². The fourth-order valence-electron chi connectivity index (χ4n) is 7.01. The highest BCUT2D eigenvalue weighted by Crippen LogP contribution is 2.44. The molecule has 0 amide bonds. The van der Waals surface area contributed by atoms with Crippen molar-refractivity contribution < 1.29 is 28.5 Å². The standard InChI is InChI=1S/C39H37ClFN3O5S/c1-23-35-32(14-13-30(40)36(35)37-31(21-45)42-44-16-4-6-33(37)44)43(38(23)39(46)48-3)15-5-17-49-34-20-28(19-25-18-26(41)9-12-29(25)34)50-22-24-7-10-27(47-2)11-8-24/h7-14,18-20,45H,4-6,15-17,21-22H2,1-3H3. The number of hydrogen-bond donors (Lipinski definition) is 1. The van der Waals surface area contributed by atoms with Crippen LogP contribution >= 0.6 is 23.4 Å². The molecule has 8 nitrogen and oxygen atoms in total. The molecule has 0 saturated carbocycles. The van der Waals surface area contributed by atoms with Gasteiger partial charge in [0, 0.05) is 61.9 Å². The molecule has 1 aliphatic heterocycles. The van der Waals surface area contributed by atoms with Crippen molar-refractivity contribution in [1.29, 1.82) is 0 Å². The Balaban J connectivity index is 1.17. The molecule has 258 valence electrons. The molecule has 1 N–H and O–H groups in total. The van der Waals surface area contributed by atoms with Crippen molar-refractivity contribution in [3.63, 3.8) is 0 Å². The molecule has 0 aliphatic carbocycles. The van der Waals surface area contributed by atoms with Crippen LogP contribution in [0.25, 0.3) is 32.8 Å². The minimum atomic E-state index is -0.445. The van der Waals surface area contributed by atoms with Crippen LogP contribution in [-0.2, 0) is 36.6 Å². The number of benzene rings is 4. The molecule has 7 rings (SSSR count). The molecule has 0 bridgehead atoms. The van der Waals surface area contributed by atoms with Gasteiger partial charge in [-0.3, -0.25) is 4.68 Å². The van der Waals surface area contributed by atoms with Gasteiger partial charge in [-0.2, -0.15) is 5.10 Å². The van der Waals surface area contributed by atoms with Crippen LogP contribution in [0.5, 0.6) is 11.5 Å². The SMILES string of the molecule is COC(=O)c1c(C)c2c(-c3c(CO)nn4c3CCC4)c(Cl)ccc2n1CCCOc1cc(SCc2ccc(OC)cc2)cc2cc(F)ccc12. The van der Waals surface area contributed by atoms with E-state index >= 15 is 0 Å². The highest BCUT2D eigenvalue weighted by Gasteiger charge is 2.29. The topological polar surface area (TPSA) is 87.7 Å². The molecule has 0 fully saturated rings. The fourth-order valence-corrected chi connectivity index (χ4v) is 8.19. The second kappa shape index (κ2) is 14.4. The number of carbonyl (C=O) groups is 1. The molecule has 11 heteroatoms. The summed E-state index contributed by atoms with van der Waals surface area (Å²) in [5.74, 6) is 1.45. The van der Waals surface area contributed by atoms with Gasteiger partial charge in [-0.05, 0) is 97.3 Å². The van der Waals surface area contributed by atoms with Gasteiger partial charge < -0.3 is 23.9 Å². The molecule has 0 radical (unpaired) electrons. The lowest BCUT2D eigenvalue weighted by Gasteiger charge is -2.14. The Morgan fingerprint density at radius 3 is 2.64 bits per heavy atom. The summed E-state index contributed by atoms with van der Waals surface area (Å²) >= 11 is 8.56. The van der Waals surface area contributed by atoms with Crippen molar-refractivity contribution in [2.75, 3.05) is 20.8 Å². The molecule has 0 atom stereocenters. The van der Waals surface area contributed by atoms with Gasteiger partial charge in [-0.25, -0.2) is 9.18 Å². The number of aliphatic hydroxyl groups is 1. The van der Waals surface area contributed by atoms with Crippen LogP contribution in [0.4, 0.5) is 4.39 Å². The largest absolute Gasteiger partial charge is 0.497 e. The van der Waals surface area contributed by atoms with E-state index in [1.165, 1.54) is 19.2 Å². The van der Waals surface area contributed by atoms with E-state index in [1.807, 2.05) is 64.7 Å². The lowest BCUT2D eigenvalue weighted by molar-refractivity contribution is 0.0587. The summed E-state index contributed by atoms with van der Waals surface area (Å²) in [6.07, 6.45) is 2.37. The first-order chi connectivity index (χ1) is 24.3. The van der Waals surface area contributed by atoms with Crippen LogP contribution in [0.2, 0.25) is 5.02 Å². The van der Waals surface area contributed by atoms with Gasteiger partial charge in [-0.15, -0.1) is 11.8 Å². The summed E-state index contributed by atoms with van der Waals surface area (Å²) in [7, 11) is 3.02. The fraction of sp³-hybridized carbons (Fsp3) is 0.282. The average Bonchev–Trinajstić information content (AvgIpc) is 3.80. The Morgan fingerprint density at radius 1 is 1.06 bits per heavy atom. The number of methoxy groups -OCH3 is 2. The molecule has 0 unspecified atom stereocenters. The molecular formula is C39H37ClFN3O5S. The molecule has 0 saturated heterocycles. The number of hydrogen-bond acceptors (Lipinski definition) is 7. The Morgan fingerprint density at radius 2 is 1.88 bits per heavy atom. The van der Waals surface area contributed by atoms with Gasteiger partial charge in [-0.1, -0.05) is 23.7 Å². The normalized spacial score (nSPS) is 12.5. The third kappa shape index (κ3) is 6.32. The number of thioether (sulfide) groups is 1. The Kier molecular flexibility index (Phi) is 9.77. The van der Waals surface area contributed by atoms with Gasteiger partial charge in [0.15, 0.2) is 0 Å². The van der Waals surface area contributed by atoms with Gasteiger partial charge in [0.1, 0.15) is 23.0 Å². The second-order valence-corrected chi connectivity index (χ2v) is 13.8. The van der Waals surface area contributed by atoms with E-state index in [0.29, 0.717) is 41.7 Å². The first-order valence-electron chi connectivity index (χ1n) is 16.5. The maximum Gasteiger partial charge on any atom is 0.354 e. The van der Waals surface area contributed by atoms with Crippen LogP contribution in [0, 0.1) is 12.7 Å². The van der Waals surface area contributed by atoms with Crippen molar-refractivity contribution in [3.8, 4) is 22.6 Å². The van der Waals surface area contributed by atoms with Crippen molar-refractivity contribution >= 4 is 51.0 Å². The Bertz CT molecular complexity index is 2230. The summed E-state index contributed by atoms with van der Waals surface area (Å²) in [4.78, 5) is 14.2. The summed E-state index contributed by atoms with van der Waals surface area (Å²) < 4.78 is 35.1. The lowest BCUT2D eigenvalue weighted by atomic mass is 9.96. The van der Waals surface area contributed by atoms with Gasteiger partial charge >= 0.3 is 5.97 Å². The number of aromatic nitrogens is 3. The third-order valence-corrected chi connectivity index (χ3v) is 10.7. The van der Waals surface area contributed by atoms with Crippen molar-refractivity contribution in [2.24, 2.45) is 0 Å². The number of aliphatic hydroxyl groups excluding tert-OH is 1. The highest BCUT2D eigenvalue weighted by atomic mass is 35.5. The van der Waals surface area contributed by atoms with Gasteiger partial charge in [0.05, 0.1) is 33.1 Å². The highest BCUT2D eigenvalue weighted by molar-refractivity contribution is 7.98. The van der Waals surface area contributed by atoms with E-state index in [1.54, 1.807) is 24.9 Å². The maximum atomic E-state index is 14.3. The van der Waals surface area contributed by atoms with Crippen LogP contribution in [0.15, 0.2) is 71.6 Å². The maximum absolute atomic E-state index is 14.3. The number of rotatable bonds is 12. The van der Waals surface area contributed by atoms with Crippen molar-refractivity contribution in [3.05, 3.63) is 106 Å². The number of carbonyl (C=O) groups excluding carboxylic acids is 1. The lowest BCUT2D eigenvalue weighted by Crippen LogP contribution is -2.13. The summed E-state index contributed by atoms with van der Waals surface area (Å²) in [6, 6.07) is 20.4. The van der Waals surface area contributed by atoms with Gasteiger partial charge in [0.2, 0.25) is 0 Å². The number of ether oxygens (including phenoxy) is 3. The van der Waals surface area contributed by atoms with Gasteiger partial charge in [0.25, 0.3) is 0 Å². The van der Waals surface area contributed by atoms with E-state index in [2.05, 4.69) is 5.10 Å². The summed E-state index contributed by atoms with van der Waals surface area (Å²) in [6.45, 7) is 3.30. The Labute approximate surface area is 298 Å². The predicted octanol–water partition coefficient (Wildman–Crippen LogP) is 8.75. The molecule has 2 aromatic heterocycles. The molecule has 1 aliphatic rings. The zero-order valence-corrected chi connectivity index (χ0v) is 29.7. The van der Waals surface area contributed by atoms with E-state index in [4.69, 9.17) is 25.8 Å². The number of esters is 1. The number of halogens is 2. The first kappa shape index (κ1) is 34.0. The second-order valence-electron chi connectivity index (χ2n) is 12.3. The quantitative estimate of drug-likeness (QED) is 0.0771. The minimum absolute atomic E-state index is 0.217. The Hall–Kier alpha value is -4.51. The molecule has 4 aromatic carbocycles. The first-order valence-corrected chi connectivity index (χ1v) is 17.9. The molecular weight excluding hydrogens is 677 g/mol. The van der Waals surface area contributed by atoms with E-state index in [9.17, 15) is 14.3 Å². The summed E-state index contributed by atoms with van der Waals surface area (Å²) in [5.41, 5.74) is 6.40. The predicted molar refractivity (Wildman–Crippen MR) is 195 cm³/mol. The van der Waals surface area contributed by atoms with Crippen molar-refractivity contribution in [2.45, 2.75) is 56.5 Å². The zero-order chi connectivity index (χ0) is 34.9. The smallest absolute Gasteiger partial charge is 0.354 e. The molecule has 6 aromatic rings. The molecule has 0 spiro atoms. The van der Waals surface area contributed by atoms with E-state index in [0.717, 1.165) is 85.4 Å². The number of nitrogens with zero attached hydrogens (tertiary/aromatic N) is 3. The average molecular weight is 714 g/mol. The van der Waals surface area contributed by atoms with Crippen LogP contribution in [-0.4, -0.2) is 46.2 Å². The van der Waals surface area contributed by atoms with Crippen LogP contribution < -0.4 is 9.47 Å². The molecule has 3 heterocycles.